The Balaban J connectivity index is 1.27. The topological polar surface area (TPSA) is 76.5 Å². The number of aromatic hydroxyl groups is 1. The molecule has 0 amide bonds. The van der Waals surface area contributed by atoms with Gasteiger partial charge in [0.05, 0.1) is 24.5 Å². The minimum atomic E-state index is -0.395. The highest BCUT2D eigenvalue weighted by molar-refractivity contribution is 6.32. The summed E-state index contributed by atoms with van der Waals surface area (Å²) in [7, 11) is 2.16. The summed E-state index contributed by atoms with van der Waals surface area (Å²) in [5.74, 6) is 0.195. The van der Waals surface area contributed by atoms with Crippen LogP contribution >= 0.6 is 11.6 Å². The summed E-state index contributed by atoms with van der Waals surface area (Å²) in [5.41, 5.74) is 6.41. The van der Waals surface area contributed by atoms with Crippen molar-refractivity contribution in [2.45, 2.75) is 6.54 Å². The summed E-state index contributed by atoms with van der Waals surface area (Å²) in [4.78, 5) is 11.0. The van der Waals surface area contributed by atoms with Crippen molar-refractivity contribution in [3.05, 3.63) is 70.5 Å². The lowest BCUT2D eigenvalue weighted by Gasteiger charge is -2.32. The maximum atomic E-state index is 14.3. The molecule has 2 aliphatic heterocycles. The minimum absolute atomic E-state index is 0.0614. The molecule has 2 aliphatic rings. The Hall–Kier alpha value is -3.24. The van der Waals surface area contributed by atoms with Gasteiger partial charge in [-0.3, -0.25) is 10.3 Å². The van der Waals surface area contributed by atoms with Gasteiger partial charge in [0.25, 0.3) is 0 Å². The van der Waals surface area contributed by atoms with E-state index < -0.39 is 5.82 Å². The zero-order valence-electron chi connectivity index (χ0n) is 21.4. The van der Waals surface area contributed by atoms with Crippen LogP contribution in [0.4, 0.5) is 16.0 Å². The third-order valence-electron chi connectivity index (χ3n) is 6.90. The number of morpholine rings is 1. The number of hydrogen-bond acceptors (Lipinski definition) is 8. The molecule has 2 aromatic carbocycles. The molecule has 10 heteroatoms. The predicted molar refractivity (Wildman–Crippen MR) is 150 cm³/mol. The highest BCUT2D eigenvalue weighted by atomic mass is 35.5. The lowest BCUT2D eigenvalue weighted by Crippen LogP contribution is -2.43. The van der Waals surface area contributed by atoms with Gasteiger partial charge in [0.1, 0.15) is 11.6 Å². The molecule has 0 spiro atoms. The first kappa shape index (κ1) is 26.4. The third-order valence-corrected chi connectivity index (χ3v) is 7.19. The summed E-state index contributed by atoms with van der Waals surface area (Å²) < 4.78 is 19.7. The van der Waals surface area contributed by atoms with Crippen molar-refractivity contribution in [2.24, 2.45) is 5.10 Å². The zero-order chi connectivity index (χ0) is 26.5. The summed E-state index contributed by atoms with van der Waals surface area (Å²) >= 11 is 6.35. The summed E-state index contributed by atoms with van der Waals surface area (Å²) in [6.45, 7) is 7.48. The van der Waals surface area contributed by atoms with Crippen LogP contribution in [0.3, 0.4) is 0 Å². The van der Waals surface area contributed by atoms with Gasteiger partial charge in [-0.2, -0.15) is 5.10 Å². The van der Waals surface area contributed by atoms with Gasteiger partial charge in [0, 0.05) is 51.4 Å². The molecule has 200 valence electrons. The van der Waals surface area contributed by atoms with Gasteiger partial charge < -0.3 is 19.6 Å². The predicted octanol–water partition coefficient (Wildman–Crippen LogP) is 4.28. The van der Waals surface area contributed by atoms with Crippen molar-refractivity contribution >= 4 is 29.5 Å². The van der Waals surface area contributed by atoms with Gasteiger partial charge in [-0.25, -0.2) is 9.37 Å². The maximum absolute atomic E-state index is 14.3. The molecular weight excluding hydrogens is 507 g/mol. The molecule has 1 aromatic heterocycles. The van der Waals surface area contributed by atoms with Crippen LogP contribution in [0.25, 0.3) is 11.1 Å². The normalized spacial score (nSPS) is 17.3. The van der Waals surface area contributed by atoms with Crippen LogP contribution in [0.5, 0.6) is 5.75 Å². The second kappa shape index (κ2) is 12.1. The smallest absolute Gasteiger partial charge is 0.167 e. The molecule has 8 nitrogen and oxygen atoms in total. The second-order valence-corrected chi connectivity index (χ2v) is 10.1. The number of benzene rings is 2. The summed E-state index contributed by atoms with van der Waals surface area (Å²) in [6.07, 6.45) is 1.48. The molecule has 0 unspecified atom stereocenters. The average molecular weight is 539 g/mol. The number of hydrazone groups is 1. The largest absolute Gasteiger partial charge is 0.506 e. The van der Waals surface area contributed by atoms with E-state index in [0.717, 1.165) is 43.9 Å². The number of pyridine rings is 1. The van der Waals surface area contributed by atoms with Crippen molar-refractivity contribution in [1.29, 1.82) is 0 Å². The van der Waals surface area contributed by atoms with E-state index in [1.165, 1.54) is 23.9 Å². The molecule has 2 saturated heterocycles. The van der Waals surface area contributed by atoms with E-state index in [4.69, 9.17) is 16.3 Å². The van der Waals surface area contributed by atoms with E-state index in [0.29, 0.717) is 37.7 Å². The van der Waals surface area contributed by atoms with Crippen LogP contribution < -0.4 is 10.3 Å². The highest BCUT2D eigenvalue weighted by Crippen LogP contribution is 2.33. The molecule has 2 fully saturated rings. The molecule has 5 rings (SSSR count). The Morgan fingerprint density at radius 2 is 1.76 bits per heavy atom. The van der Waals surface area contributed by atoms with E-state index in [1.807, 2.05) is 11.0 Å². The fourth-order valence-electron chi connectivity index (χ4n) is 4.61. The standard InChI is InChI=1S/C28H32ClFN6O2/c1-34-8-10-35(11-9-34)19-20-2-4-21(5-3-20)22-16-23(27(37)24(29)17-22)18-31-33-26-7-6-25(30)28(32-26)36-12-14-38-15-13-36/h2-7,16-18,37H,8-15,19H2,1H3,(H,32,33)/b31-18+. The van der Waals surface area contributed by atoms with Crippen molar-refractivity contribution < 1.29 is 14.2 Å². The molecule has 0 aliphatic carbocycles. The minimum Gasteiger partial charge on any atom is -0.506 e. The van der Waals surface area contributed by atoms with Crippen LogP contribution in [-0.2, 0) is 11.3 Å². The van der Waals surface area contributed by atoms with E-state index in [2.05, 4.69) is 56.6 Å². The fraction of sp³-hybridized carbons (Fsp3) is 0.357. The number of likely N-dealkylation sites (N-methyl/N-ethyl adjacent to an activating group) is 1. The highest BCUT2D eigenvalue weighted by Gasteiger charge is 2.17. The van der Waals surface area contributed by atoms with Crippen LogP contribution in [0.2, 0.25) is 5.02 Å². The number of nitrogens with one attached hydrogen (secondary N) is 1. The summed E-state index contributed by atoms with van der Waals surface area (Å²) in [6, 6.07) is 14.9. The van der Waals surface area contributed by atoms with Gasteiger partial charge in [-0.15, -0.1) is 0 Å². The number of aromatic nitrogens is 1. The number of phenols is 1. The molecule has 0 bridgehead atoms. The van der Waals surface area contributed by atoms with Gasteiger partial charge in [-0.1, -0.05) is 35.9 Å². The fourth-order valence-corrected chi connectivity index (χ4v) is 4.84. The monoisotopic (exact) mass is 538 g/mol. The zero-order valence-corrected chi connectivity index (χ0v) is 22.2. The van der Waals surface area contributed by atoms with Crippen LogP contribution in [0, 0.1) is 5.82 Å². The van der Waals surface area contributed by atoms with E-state index in [-0.39, 0.29) is 16.6 Å². The third kappa shape index (κ3) is 6.42. The molecule has 0 saturated carbocycles. The molecule has 3 heterocycles. The molecule has 3 aromatic rings. The van der Waals surface area contributed by atoms with Crippen LogP contribution in [0.1, 0.15) is 11.1 Å². The van der Waals surface area contributed by atoms with E-state index in [1.54, 1.807) is 6.07 Å². The number of hydrogen-bond donors (Lipinski definition) is 2. The van der Waals surface area contributed by atoms with Crippen LogP contribution in [-0.4, -0.2) is 85.6 Å². The quantitative estimate of drug-likeness (QED) is 0.343. The average Bonchev–Trinajstić information content (AvgIpc) is 2.94. The van der Waals surface area contributed by atoms with Gasteiger partial charge in [0.15, 0.2) is 11.6 Å². The van der Waals surface area contributed by atoms with E-state index >= 15 is 0 Å². The van der Waals surface area contributed by atoms with Crippen molar-refractivity contribution in [1.82, 2.24) is 14.8 Å². The van der Waals surface area contributed by atoms with E-state index in [9.17, 15) is 9.50 Å². The number of ether oxygens (including phenoxy) is 1. The Morgan fingerprint density at radius 3 is 2.50 bits per heavy atom. The first-order chi connectivity index (χ1) is 18.5. The number of nitrogens with zero attached hydrogens (tertiary/aromatic N) is 5. The number of phenolic OH excluding ortho intramolecular Hbond substituents is 1. The molecule has 38 heavy (non-hydrogen) atoms. The van der Waals surface area contributed by atoms with Gasteiger partial charge >= 0.3 is 0 Å². The number of anilines is 2. The molecule has 2 N–H and O–H groups in total. The van der Waals surface area contributed by atoms with Crippen molar-refractivity contribution in [3.8, 4) is 16.9 Å². The van der Waals surface area contributed by atoms with Crippen molar-refractivity contribution in [3.63, 3.8) is 0 Å². The lowest BCUT2D eigenvalue weighted by atomic mass is 10.0. The molecule has 0 atom stereocenters. The number of piperazine rings is 1. The molecular formula is C28H32ClFN6O2. The Bertz CT molecular complexity index is 1280. The Morgan fingerprint density at radius 1 is 1.03 bits per heavy atom. The van der Waals surface area contributed by atoms with Crippen molar-refractivity contribution in [2.75, 3.05) is 69.9 Å². The Labute approximate surface area is 227 Å². The SMILES string of the molecule is CN1CCN(Cc2ccc(-c3cc(Cl)c(O)c(/C=N/Nc4ccc(F)c(N5CCOCC5)n4)c3)cc2)CC1. The van der Waals surface area contributed by atoms with Gasteiger partial charge in [-0.05, 0) is 48.0 Å². The maximum Gasteiger partial charge on any atom is 0.167 e. The first-order valence-electron chi connectivity index (χ1n) is 12.8. The first-order valence-corrected chi connectivity index (χ1v) is 13.1. The summed E-state index contributed by atoms with van der Waals surface area (Å²) in [5, 5.41) is 15.0. The van der Waals surface area contributed by atoms with Gasteiger partial charge in [0.2, 0.25) is 0 Å². The lowest BCUT2D eigenvalue weighted by molar-refractivity contribution is 0.122. The second-order valence-electron chi connectivity index (χ2n) is 9.64. The van der Waals surface area contributed by atoms with Crippen LogP contribution in [0.15, 0.2) is 53.6 Å². The number of rotatable bonds is 7. The molecule has 0 radical (unpaired) electrons. The Kier molecular flexibility index (Phi) is 8.38. The number of halogens is 2.